The van der Waals surface area contributed by atoms with E-state index in [1.54, 1.807) is 0 Å². The third-order valence-corrected chi connectivity index (χ3v) is 4.10. The molecule has 1 saturated heterocycles. The van der Waals surface area contributed by atoms with E-state index in [4.69, 9.17) is 0 Å². The van der Waals surface area contributed by atoms with Crippen molar-refractivity contribution in [1.29, 1.82) is 0 Å². The first-order valence-electron chi connectivity index (χ1n) is 5.17. The molecule has 0 amide bonds. The Hall–Kier alpha value is -1.05. The molecule has 0 bridgehead atoms. The molecule has 1 heterocycles. The van der Waals surface area contributed by atoms with Crippen molar-refractivity contribution in [3.63, 3.8) is 0 Å². The van der Waals surface area contributed by atoms with Crippen LogP contribution >= 0.6 is 0 Å². The number of hydrogen-bond donors (Lipinski definition) is 2. The van der Waals surface area contributed by atoms with E-state index in [2.05, 4.69) is 10.0 Å². The van der Waals surface area contributed by atoms with Crippen LogP contribution in [0.5, 0.6) is 0 Å². The van der Waals surface area contributed by atoms with Crippen molar-refractivity contribution >= 4 is 10.0 Å². The largest absolute Gasteiger partial charge is 0.315 e. The highest BCUT2D eigenvalue weighted by atomic mass is 32.2. The van der Waals surface area contributed by atoms with Crippen LogP contribution in [0.25, 0.3) is 0 Å². The Bertz CT molecular complexity index is 513. The molecular weight excluding hydrogens is 250 g/mol. The first-order chi connectivity index (χ1) is 7.99. The topological polar surface area (TPSA) is 58.2 Å². The summed E-state index contributed by atoms with van der Waals surface area (Å²) in [5, 5.41) is 2.98. The van der Waals surface area contributed by atoms with Gasteiger partial charge in [-0.05, 0) is 31.2 Å². The van der Waals surface area contributed by atoms with Crippen LogP contribution in [0.2, 0.25) is 0 Å². The number of halogens is 2. The summed E-state index contributed by atoms with van der Waals surface area (Å²) in [4.78, 5) is -0.649. The van der Waals surface area contributed by atoms with Crippen LogP contribution in [-0.2, 0) is 10.0 Å². The second-order valence-electron chi connectivity index (χ2n) is 3.89. The zero-order valence-corrected chi connectivity index (χ0v) is 9.73. The Morgan fingerprint density at radius 1 is 1.35 bits per heavy atom. The SMILES string of the molecule is O=S(=O)(N[C@@H]1CCNC1)c1cc(F)ccc1F. The predicted octanol–water partition coefficient (Wildman–Crippen LogP) is 0.605. The van der Waals surface area contributed by atoms with Crippen molar-refractivity contribution in [1.82, 2.24) is 10.0 Å². The van der Waals surface area contributed by atoms with Crippen molar-refractivity contribution in [2.24, 2.45) is 0 Å². The molecule has 4 nitrogen and oxygen atoms in total. The summed E-state index contributed by atoms with van der Waals surface area (Å²) in [7, 11) is -4.00. The second-order valence-corrected chi connectivity index (χ2v) is 5.57. The van der Waals surface area contributed by atoms with Gasteiger partial charge in [0.05, 0.1) is 0 Å². The summed E-state index contributed by atoms with van der Waals surface area (Å²) in [6, 6.07) is 2.09. The van der Waals surface area contributed by atoms with Gasteiger partial charge in [-0.3, -0.25) is 0 Å². The molecule has 1 aliphatic heterocycles. The highest BCUT2D eigenvalue weighted by molar-refractivity contribution is 7.89. The molecule has 0 spiro atoms. The van der Waals surface area contributed by atoms with E-state index < -0.39 is 26.6 Å². The van der Waals surface area contributed by atoms with E-state index in [9.17, 15) is 17.2 Å². The van der Waals surface area contributed by atoms with Crippen LogP contribution in [0.4, 0.5) is 8.78 Å². The normalized spacial score (nSPS) is 20.7. The summed E-state index contributed by atoms with van der Waals surface area (Å²) in [6.45, 7) is 1.20. The van der Waals surface area contributed by atoms with Crippen LogP contribution < -0.4 is 10.0 Å². The van der Waals surface area contributed by atoms with Crippen LogP contribution in [-0.4, -0.2) is 27.5 Å². The minimum Gasteiger partial charge on any atom is -0.315 e. The predicted molar refractivity (Wildman–Crippen MR) is 58.0 cm³/mol. The van der Waals surface area contributed by atoms with Gasteiger partial charge >= 0.3 is 0 Å². The molecule has 1 atom stereocenters. The molecule has 1 aromatic rings. The Morgan fingerprint density at radius 2 is 2.12 bits per heavy atom. The van der Waals surface area contributed by atoms with Gasteiger partial charge in [-0.25, -0.2) is 21.9 Å². The second kappa shape index (κ2) is 4.67. The molecule has 1 aliphatic rings. The Morgan fingerprint density at radius 3 is 2.76 bits per heavy atom. The summed E-state index contributed by atoms with van der Waals surface area (Å²) < 4.78 is 52.2. The maximum absolute atomic E-state index is 13.3. The minimum atomic E-state index is -4.00. The highest BCUT2D eigenvalue weighted by Crippen LogP contribution is 2.16. The minimum absolute atomic E-state index is 0.275. The average molecular weight is 262 g/mol. The van der Waals surface area contributed by atoms with Gasteiger partial charge in [-0.2, -0.15) is 0 Å². The van der Waals surface area contributed by atoms with Gasteiger partial charge < -0.3 is 5.32 Å². The maximum Gasteiger partial charge on any atom is 0.243 e. The van der Waals surface area contributed by atoms with Crippen LogP contribution in [0.15, 0.2) is 23.1 Å². The zero-order chi connectivity index (χ0) is 12.5. The maximum atomic E-state index is 13.3. The zero-order valence-electron chi connectivity index (χ0n) is 8.91. The Balaban J connectivity index is 2.27. The molecule has 0 radical (unpaired) electrons. The molecular formula is C10H12F2N2O2S. The van der Waals surface area contributed by atoms with E-state index in [1.165, 1.54) is 0 Å². The lowest BCUT2D eigenvalue weighted by Gasteiger charge is -2.12. The lowest BCUT2D eigenvalue weighted by Crippen LogP contribution is -2.36. The fraction of sp³-hybridized carbons (Fsp3) is 0.400. The molecule has 2 rings (SSSR count). The molecule has 1 fully saturated rings. The van der Waals surface area contributed by atoms with E-state index >= 15 is 0 Å². The average Bonchev–Trinajstić information content (AvgIpc) is 2.73. The van der Waals surface area contributed by atoms with E-state index in [-0.39, 0.29) is 6.04 Å². The molecule has 7 heteroatoms. The first kappa shape index (κ1) is 12.4. The van der Waals surface area contributed by atoms with Gasteiger partial charge in [0.25, 0.3) is 0 Å². The lowest BCUT2D eigenvalue weighted by molar-refractivity contribution is 0.534. The molecule has 0 aliphatic carbocycles. The smallest absolute Gasteiger partial charge is 0.243 e. The lowest BCUT2D eigenvalue weighted by atomic mass is 10.3. The first-order valence-corrected chi connectivity index (χ1v) is 6.65. The summed E-state index contributed by atoms with van der Waals surface area (Å²) in [5.74, 6) is -1.74. The number of hydrogen-bond acceptors (Lipinski definition) is 3. The molecule has 0 saturated carbocycles. The fourth-order valence-corrected chi connectivity index (χ4v) is 3.08. The summed E-state index contributed by atoms with van der Waals surface area (Å²) >= 11 is 0. The van der Waals surface area contributed by atoms with Gasteiger partial charge in [0, 0.05) is 12.6 Å². The third-order valence-electron chi connectivity index (χ3n) is 2.56. The van der Waals surface area contributed by atoms with Crippen LogP contribution in [0, 0.1) is 11.6 Å². The number of rotatable bonds is 3. The van der Waals surface area contributed by atoms with Crippen molar-refractivity contribution in [2.45, 2.75) is 17.4 Å². The summed E-state index contributed by atoms with van der Waals surface area (Å²) in [5.41, 5.74) is 0. The number of benzene rings is 1. The van der Waals surface area contributed by atoms with Crippen molar-refractivity contribution in [2.75, 3.05) is 13.1 Å². The summed E-state index contributed by atoms with van der Waals surface area (Å²) in [6.07, 6.45) is 0.635. The Labute approximate surface area is 98.1 Å². The third kappa shape index (κ3) is 2.80. The van der Waals surface area contributed by atoms with Gasteiger partial charge in [0.2, 0.25) is 10.0 Å². The molecule has 1 aromatic carbocycles. The number of sulfonamides is 1. The number of nitrogens with one attached hydrogen (secondary N) is 2. The molecule has 2 N–H and O–H groups in total. The molecule has 0 unspecified atom stereocenters. The van der Waals surface area contributed by atoms with Crippen molar-refractivity contribution in [3.05, 3.63) is 29.8 Å². The van der Waals surface area contributed by atoms with E-state index in [0.717, 1.165) is 12.1 Å². The highest BCUT2D eigenvalue weighted by Gasteiger charge is 2.25. The monoisotopic (exact) mass is 262 g/mol. The van der Waals surface area contributed by atoms with Gasteiger partial charge in [-0.1, -0.05) is 0 Å². The van der Waals surface area contributed by atoms with Crippen molar-refractivity contribution < 1.29 is 17.2 Å². The van der Waals surface area contributed by atoms with Crippen LogP contribution in [0.3, 0.4) is 0 Å². The quantitative estimate of drug-likeness (QED) is 0.839. The van der Waals surface area contributed by atoms with E-state index in [0.29, 0.717) is 25.6 Å². The van der Waals surface area contributed by atoms with Crippen LogP contribution in [0.1, 0.15) is 6.42 Å². The van der Waals surface area contributed by atoms with Gasteiger partial charge in [0.1, 0.15) is 16.5 Å². The molecule has 17 heavy (non-hydrogen) atoms. The van der Waals surface area contributed by atoms with E-state index in [1.807, 2.05) is 0 Å². The standard InChI is InChI=1S/C10H12F2N2O2S/c11-7-1-2-9(12)10(5-7)17(15,16)14-8-3-4-13-6-8/h1-2,5,8,13-14H,3-4,6H2/t8-/m1/s1. The van der Waals surface area contributed by atoms with Gasteiger partial charge in [-0.15, -0.1) is 0 Å². The van der Waals surface area contributed by atoms with Gasteiger partial charge in [0.15, 0.2) is 0 Å². The Kier molecular flexibility index (Phi) is 3.41. The fourth-order valence-electron chi connectivity index (χ4n) is 1.72. The molecule has 0 aromatic heterocycles. The molecule has 94 valence electrons. The van der Waals surface area contributed by atoms with Crippen molar-refractivity contribution in [3.8, 4) is 0 Å².